The van der Waals surface area contributed by atoms with Gasteiger partial charge in [-0.05, 0) is 40.8 Å². The minimum atomic E-state index is 0.560. The molecule has 0 amide bonds. The lowest BCUT2D eigenvalue weighted by Crippen LogP contribution is -2.27. The van der Waals surface area contributed by atoms with Gasteiger partial charge in [0.1, 0.15) is 5.82 Å². The molecule has 0 aliphatic heterocycles. The second-order valence-electron chi connectivity index (χ2n) is 3.99. The largest absolute Gasteiger partial charge is 0.344 e. The van der Waals surface area contributed by atoms with Crippen molar-refractivity contribution < 1.29 is 0 Å². The van der Waals surface area contributed by atoms with E-state index in [2.05, 4.69) is 31.7 Å². The molecule has 4 heteroatoms. The number of hydrogen-bond acceptors (Lipinski definition) is 2. The number of anilines is 1. The number of nitrogens with zero attached hydrogens (tertiary/aromatic N) is 2. The Hall–Kier alpha value is -0.720. The van der Waals surface area contributed by atoms with Gasteiger partial charge in [0.05, 0.1) is 11.6 Å². The summed E-state index contributed by atoms with van der Waals surface area (Å²) < 4.78 is 0.883. The third-order valence-corrected chi connectivity index (χ3v) is 3.26. The van der Waals surface area contributed by atoms with E-state index in [1.54, 1.807) is 6.20 Å². The number of pyridine rings is 1. The Morgan fingerprint density at radius 2 is 2.38 bits per heavy atom. The SMILES string of the molecule is C#CCN(CC1CC1)c1ncc(Br)cc1Cl. The van der Waals surface area contributed by atoms with Crippen LogP contribution in [0.4, 0.5) is 5.82 Å². The van der Waals surface area contributed by atoms with Gasteiger partial charge in [0, 0.05) is 17.2 Å². The van der Waals surface area contributed by atoms with Crippen LogP contribution in [0.2, 0.25) is 5.02 Å². The normalized spacial score (nSPS) is 14.6. The van der Waals surface area contributed by atoms with Crippen LogP contribution in [0.15, 0.2) is 16.7 Å². The zero-order valence-electron chi connectivity index (χ0n) is 8.79. The summed E-state index contributed by atoms with van der Waals surface area (Å²) in [6.07, 6.45) is 9.69. The fourth-order valence-corrected chi connectivity index (χ4v) is 2.34. The molecule has 84 valence electrons. The molecule has 1 fully saturated rings. The van der Waals surface area contributed by atoms with Crippen LogP contribution in [0, 0.1) is 18.3 Å². The van der Waals surface area contributed by atoms with Crippen molar-refractivity contribution in [3.8, 4) is 12.3 Å². The molecule has 0 atom stereocenters. The summed E-state index contributed by atoms with van der Waals surface area (Å²) in [7, 11) is 0. The number of aromatic nitrogens is 1. The Bertz CT molecular complexity index is 424. The van der Waals surface area contributed by atoms with Crippen LogP contribution < -0.4 is 4.90 Å². The number of hydrogen-bond donors (Lipinski definition) is 0. The van der Waals surface area contributed by atoms with E-state index < -0.39 is 0 Å². The number of rotatable bonds is 4. The Labute approximate surface area is 109 Å². The van der Waals surface area contributed by atoms with Crippen LogP contribution >= 0.6 is 27.5 Å². The highest BCUT2D eigenvalue weighted by atomic mass is 79.9. The monoisotopic (exact) mass is 298 g/mol. The maximum absolute atomic E-state index is 6.16. The van der Waals surface area contributed by atoms with Gasteiger partial charge in [-0.25, -0.2) is 4.98 Å². The second-order valence-corrected chi connectivity index (χ2v) is 5.31. The maximum Gasteiger partial charge on any atom is 0.148 e. The predicted octanol–water partition coefficient (Wildman–Crippen LogP) is 3.35. The molecule has 1 aromatic rings. The molecule has 0 unspecified atom stereocenters. The van der Waals surface area contributed by atoms with E-state index in [0.29, 0.717) is 11.6 Å². The Morgan fingerprint density at radius 1 is 1.62 bits per heavy atom. The van der Waals surface area contributed by atoms with Gasteiger partial charge in [-0.1, -0.05) is 17.5 Å². The fraction of sp³-hybridized carbons (Fsp3) is 0.417. The zero-order valence-corrected chi connectivity index (χ0v) is 11.1. The van der Waals surface area contributed by atoms with Crippen molar-refractivity contribution in [2.24, 2.45) is 5.92 Å². The van der Waals surface area contributed by atoms with Crippen molar-refractivity contribution in [1.82, 2.24) is 4.98 Å². The molecule has 0 radical (unpaired) electrons. The lowest BCUT2D eigenvalue weighted by atomic mass is 10.3. The highest BCUT2D eigenvalue weighted by Crippen LogP contribution is 2.33. The van der Waals surface area contributed by atoms with Gasteiger partial charge in [0.2, 0.25) is 0 Å². The third kappa shape index (κ3) is 2.90. The number of halogens is 2. The Kier molecular flexibility index (Phi) is 3.73. The molecule has 0 N–H and O–H groups in total. The molecule has 1 aliphatic carbocycles. The van der Waals surface area contributed by atoms with Gasteiger partial charge in [-0.2, -0.15) is 0 Å². The van der Waals surface area contributed by atoms with Crippen LogP contribution in [-0.2, 0) is 0 Å². The third-order valence-electron chi connectivity index (χ3n) is 2.55. The molecule has 1 aromatic heterocycles. The van der Waals surface area contributed by atoms with Crippen LogP contribution in [0.3, 0.4) is 0 Å². The van der Waals surface area contributed by atoms with E-state index in [4.69, 9.17) is 18.0 Å². The molecule has 2 nitrogen and oxygen atoms in total. The first-order valence-corrected chi connectivity index (χ1v) is 6.37. The Balaban J connectivity index is 2.19. The molecule has 0 spiro atoms. The van der Waals surface area contributed by atoms with Crippen molar-refractivity contribution >= 4 is 33.3 Å². The van der Waals surface area contributed by atoms with E-state index in [0.717, 1.165) is 22.8 Å². The highest BCUT2D eigenvalue weighted by molar-refractivity contribution is 9.10. The summed E-state index contributed by atoms with van der Waals surface area (Å²) in [5.74, 6) is 4.20. The average Bonchev–Trinajstić information content (AvgIpc) is 3.01. The van der Waals surface area contributed by atoms with Gasteiger partial charge >= 0.3 is 0 Å². The Morgan fingerprint density at radius 3 is 2.94 bits per heavy atom. The summed E-state index contributed by atoms with van der Waals surface area (Å²) in [5.41, 5.74) is 0. The summed E-state index contributed by atoms with van der Waals surface area (Å²) in [4.78, 5) is 6.40. The standard InChI is InChI=1S/C12H12BrClN2/c1-2-5-16(8-9-3-4-9)12-11(14)6-10(13)7-15-12/h1,6-7,9H,3-5,8H2. The average molecular weight is 300 g/mol. The van der Waals surface area contributed by atoms with Crippen molar-refractivity contribution in [3.05, 3.63) is 21.8 Å². The smallest absolute Gasteiger partial charge is 0.148 e. The molecule has 1 heterocycles. The molecule has 0 saturated heterocycles. The molecular weight excluding hydrogens is 288 g/mol. The summed E-state index contributed by atoms with van der Waals surface area (Å²) in [6, 6.07) is 1.85. The molecule has 0 bridgehead atoms. The minimum absolute atomic E-state index is 0.560. The van der Waals surface area contributed by atoms with E-state index in [9.17, 15) is 0 Å². The molecule has 0 aromatic carbocycles. The molecular formula is C12H12BrClN2. The summed E-state index contributed by atoms with van der Waals surface area (Å²) >= 11 is 9.50. The van der Waals surface area contributed by atoms with Gasteiger partial charge in [0.25, 0.3) is 0 Å². The highest BCUT2D eigenvalue weighted by Gasteiger charge is 2.25. The van der Waals surface area contributed by atoms with E-state index in [-0.39, 0.29) is 0 Å². The fourth-order valence-electron chi connectivity index (χ4n) is 1.59. The van der Waals surface area contributed by atoms with Crippen molar-refractivity contribution in [2.75, 3.05) is 18.0 Å². The quantitative estimate of drug-likeness (QED) is 0.793. The summed E-state index contributed by atoms with van der Waals surface area (Å²) in [6.45, 7) is 1.52. The number of terminal acetylenes is 1. The van der Waals surface area contributed by atoms with Gasteiger partial charge in [0.15, 0.2) is 0 Å². The molecule has 16 heavy (non-hydrogen) atoms. The maximum atomic E-state index is 6.16. The zero-order chi connectivity index (χ0) is 11.5. The second kappa shape index (κ2) is 5.07. The molecule has 1 aliphatic rings. The van der Waals surface area contributed by atoms with Crippen LogP contribution in [0.1, 0.15) is 12.8 Å². The van der Waals surface area contributed by atoms with Gasteiger partial charge in [-0.3, -0.25) is 0 Å². The van der Waals surface area contributed by atoms with E-state index >= 15 is 0 Å². The van der Waals surface area contributed by atoms with E-state index in [1.165, 1.54) is 12.8 Å². The minimum Gasteiger partial charge on any atom is -0.344 e. The van der Waals surface area contributed by atoms with Crippen LogP contribution in [0.25, 0.3) is 0 Å². The van der Waals surface area contributed by atoms with Gasteiger partial charge < -0.3 is 4.90 Å². The first-order chi connectivity index (χ1) is 7.70. The lowest BCUT2D eigenvalue weighted by molar-refractivity contribution is 0.755. The first-order valence-electron chi connectivity index (χ1n) is 5.20. The van der Waals surface area contributed by atoms with Crippen LogP contribution in [-0.4, -0.2) is 18.1 Å². The molecule has 1 saturated carbocycles. The van der Waals surface area contributed by atoms with Gasteiger partial charge in [-0.15, -0.1) is 6.42 Å². The van der Waals surface area contributed by atoms with E-state index in [1.807, 2.05) is 6.07 Å². The van der Waals surface area contributed by atoms with Crippen molar-refractivity contribution in [2.45, 2.75) is 12.8 Å². The lowest BCUT2D eigenvalue weighted by Gasteiger charge is -2.22. The topological polar surface area (TPSA) is 16.1 Å². The van der Waals surface area contributed by atoms with Crippen molar-refractivity contribution in [1.29, 1.82) is 0 Å². The predicted molar refractivity (Wildman–Crippen MR) is 70.7 cm³/mol. The first kappa shape index (κ1) is 11.8. The molecule has 2 rings (SSSR count). The van der Waals surface area contributed by atoms with Crippen molar-refractivity contribution in [3.63, 3.8) is 0 Å². The van der Waals surface area contributed by atoms with Crippen LogP contribution in [0.5, 0.6) is 0 Å². The summed E-state index contributed by atoms with van der Waals surface area (Å²) in [5, 5.41) is 0.644.